The number of esters is 1. The maximum atomic E-state index is 12.6. The Morgan fingerprint density at radius 2 is 2.21 bits per heavy atom. The van der Waals surface area contributed by atoms with Gasteiger partial charge in [-0.2, -0.15) is 4.99 Å². The second-order valence-corrected chi connectivity index (χ2v) is 5.65. The van der Waals surface area contributed by atoms with E-state index in [9.17, 15) is 14.4 Å². The molecule has 7 nitrogen and oxygen atoms in total. The van der Waals surface area contributed by atoms with Gasteiger partial charge in [0.2, 0.25) is 0 Å². The van der Waals surface area contributed by atoms with Crippen molar-refractivity contribution in [3.8, 4) is 0 Å². The van der Waals surface area contributed by atoms with Crippen LogP contribution in [0.5, 0.6) is 0 Å². The van der Waals surface area contributed by atoms with E-state index in [0.717, 1.165) is 5.56 Å². The first-order chi connectivity index (χ1) is 11.6. The zero-order valence-electron chi connectivity index (χ0n) is 12.8. The number of ether oxygens (including phenoxy) is 1. The zero-order valence-corrected chi connectivity index (χ0v) is 12.8. The summed E-state index contributed by atoms with van der Waals surface area (Å²) in [7, 11) is 1.32. The van der Waals surface area contributed by atoms with Crippen LogP contribution in [0, 0.1) is 0 Å². The molecule has 3 aliphatic rings. The summed E-state index contributed by atoms with van der Waals surface area (Å²) in [5.74, 6) is -0.582. The Morgan fingerprint density at radius 3 is 3.00 bits per heavy atom. The van der Waals surface area contributed by atoms with Crippen LogP contribution in [0.3, 0.4) is 0 Å². The van der Waals surface area contributed by atoms with Crippen LogP contribution in [0.4, 0.5) is 4.79 Å². The molecule has 2 heterocycles. The van der Waals surface area contributed by atoms with Crippen LogP contribution in [0.15, 0.2) is 47.1 Å². The number of nitrogens with zero attached hydrogens (tertiary/aromatic N) is 2. The minimum absolute atomic E-state index is 0.145. The standard InChI is InChI=1S/C17H13N3O4/c1-24-16(22)9-2-4-12-10(6-9)8-20(15(12)21)11-3-5-13-14(7-11)19-17(23)18-13/h2-7,13H,8H2,1H3,(H,18,23). The number of benzene rings is 1. The van der Waals surface area contributed by atoms with E-state index in [4.69, 9.17) is 4.74 Å². The topological polar surface area (TPSA) is 88.1 Å². The van der Waals surface area contributed by atoms with Gasteiger partial charge in [-0.3, -0.25) is 4.79 Å². The Hall–Kier alpha value is -3.22. The van der Waals surface area contributed by atoms with Crippen LogP contribution in [0.1, 0.15) is 26.3 Å². The highest BCUT2D eigenvalue weighted by atomic mass is 16.5. The number of nitrogens with one attached hydrogen (secondary N) is 1. The molecule has 3 amide bonds. The highest BCUT2D eigenvalue weighted by molar-refractivity contribution is 6.13. The van der Waals surface area contributed by atoms with Crippen LogP contribution in [0.25, 0.3) is 0 Å². The molecule has 1 aromatic rings. The minimum atomic E-state index is -0.437. The van der Waals surface area contributed by atoms with Crippen molar-refractivity contribution in [2.24, 2.45) is 4.99 Å². The summed E-state index contributed by atoms with van der Waals surface area (Å²) in [5, 5.41) is 2.69. The van der Waals surface area contributed by atoms with Gasteiger partial charge in [-0.25, -0.2) is 9.59 Å². The van der Waals surface area contributed by atoms with Gasteiger partial charge in [0.25, 0.3) is 5.91 Å². The van der Waals surface area contributed by atoms with Crippen molar-refractivity contribution in [3.63, 3.8) is 0 Å². The molecule has 1 N–H and O–H groups in total. The third kappa shape index (κ3) is 2.13. The molecule has 1 aliphatic carbocycles. The zero-order chi connectivity index (χ0) is 16.8. The summed E-state index contributed by atoms with van der Waals surface area (Å²) >= 11 is 0. The monoisotopic (exact) mass is 323 g/mol. The summed E-state index contributed by atoms with van der Waals surface area (Å²) in [6.45, 7) is 0.356. The third-order valence-corrected chi connectivity index (χ3v) is 4.23. The highest BCUT2D eigenvalue weighted by Gasteiger charge is 2.33. The van der Waals surface area contributed by atoms with Crippen molar-refractivity contribution in [3.05, 3.63) is 58.8 Å². The number of aliphatic imine (C=N–C) groups is 1. The Balaban J connectivity index is 1.65. The number of rotatable bonds is 2. The average molecular weight is 323 g/mol. The second-order valence-electron chi connectivity index (χ2n) is 5.65. The van der Waals surface area contributed by atoms with Crippen LogP contribution in [-0.2, 0) is 11.3 Å². The van der Waals surface area contributed by atoms with Gasteiger partial charge in [0.1, 0.15) is 0 Å². The molecular weight excluding hydrogens is 310 g/mol. The summed E-state index contributed by atoms with van der Waals surface area (Å²) in [6, 6.07) is 4.28. The van der Waals surface area contributed by atoms with Crippen molar-refractivity contribution in [2.45, 2.75) is 12.6 Å². The van der Waals surface area contributed by atoms with E-state index in [0.29, 0.717) is 29.1 Å². The summed E-state index contributed by atoms with van der Waals surface area (Å²) in [6.07, 6.45) is 5.32. The number of hydrogen-bond acceptors (Lipinski definition) is 4. The van der Waals surface area contributed by atoms with Gasteiger partial charge in [-0.05, 0) is 35.9 Å². The molecule has 0 radical (unpaired) electrons. The van der Waals surface area contributed by atoms with Crippen molar-refractivity contribution >= 4 is 23.6 Å². The first kappa shape index (κ1) is 14.4. The molecule has 1 atom stereocenters. The number of methoxy groups -OCH3 is 1. The number of urea groups is 1. The Morgan fingerprint density at radius 1 is 1.38 bits per heavy atom. The van der Waals surface area contributed by atoms with Gasteiger partial charge < -0.3 is 15.0 Å². The lowest BCUT2D eigenvalue weighted by atomic mass is 10.1. The lowest BCUT2D eigenvalue weighted by Gasteiger charge is -2.21. The van der Waals surface area contributed by atoms with Crippen LogP contribution < -0.4 is 5.32 Å². The van der Waals surface area contributed by atoms with Gasteiger partial charge in [0.05, 0.1) is 31.0 Å². The number of carbonyl (C=O) groups excluding carboxylic acids is 3. The second kappa shape index (κ2) is 5.16. The van der Waals surface area contributed by atoms with E-state index in [2.05, 4.69) is 10.3 Å². The van der Waals surface area contributed by atoms with Gasteiger partial charge in [-0.15, -0.1) is 0 Å². The largest absolute Gasteiger partial charge is 0.465 e. The van der Waals surface area contributed by atoms with Gasteiger partial charge in [0.15, 0.2) is 0 Å². The molecular formula is C17H13N3O4. The van der Waals surface area contributed by atoms with E-state index in [1.165, 1.54) is 7.11 Å². The minimum Gasteiger partial charge on any atom is -0.465 e. The van der Waals surface area contributed by atoms with Crippen molar-refractivity contribution in [1.82, 2.24) is 10.2 Å². The number of amides is 3. The predicted octanol–water partition coefficient (Wildman–Crippen LogP) is 1.42. The van der Waals surface area contributed by atoms with E-state index >= 15 is 0 Å². The fraction of sp³-hybridized carbons (Fsp3) is 0.176. The van der Waals surface area contributed by atoms with Gasteiger partial charge in [-0.1, -0.05) is 6.08 Å². The number of hydrogen-bond donors (Lipinski definition) is 1. The fourth-order valence-electron chi connectivity index (χ4n) is 3.03. The molecule has 0 saturated heterocycles. The first-order valence-electron chi connectivity index (χ1n) is 7.39. The van der Waals surface area contributed by atoms with Gasteiger partial charge in [0, 0.05) is 11.3 Å². The average Bonchev–Trinajstić information content (AvgIpc) is 3.12. The molecule has 120 valence electrons. The quantitative estimate of drug-likeness (QED) is 0.834. The van der Waals surface area contributed by atoms with E-state index in [1.807, 2.05) is 0 Å². The molecule has 24 heavy (non-hydrogen) atoms. The summed E-state index contributed by atoms with van der Waals surface area (Å²) in [5.41, 5.74) is 3.00. The lowest BCUT2D eigenvalue weighted by Crippen LogP contribution is -2.33. The van der Waals surface area contributed by atoms with E-state index in [1.54, 1.807) is 41.3 Å². The number of allylic oxidation sites excluding steroid dienone is 1. The molecule has 0 bridgehead atoms. The van der Waals surface area contributed by atoms with Crippen molar-refractivity contribution < 1.29 is 19.1 Å². The molecule has 1 unspecified atom stereocenters. The van der Waals surface area contributed by atoms with Crippen LogP contribution in [-0.4, -0.2) is 41.7 Å². The lowest BCUT2D eigenvalue weighted by molar-refractivity contribution is 0.0600. The van der Waals surface area contributed by atoms with Crippen LogP contribution in [0.2, 0.25) is 0 Å². The smallest absolute Gasteiger partial charge is 0.342 e. The Labute approximate surface area is 137 Å². The molecule has 0 fully saturated rings. The Bertz CT molecular complexity index is 882. The van der Waals surface area contributed by atoms with E-state index in [-0.39, 0.29) is 18.0 Å². The molecule has 2 aliphatic heterocycles. The predicted molar refractivity (Wildman–Crippen MR) is 84.6 cm³/mol. The fourth-order valence-corrected chi connectivity index (χ4v) is 3.03. The summed E-state index contributed by atoms with van der Waals surface area (Å²) in [4.78, 5) is 41.1. The van der Waals surface area contributed by atoms with E-state index < -0.39 is 5.97 Å². The SMILES string of the molecule is COC(=O)c1ccc2c(c1)CN(C1=CC3=NC(=O)NC3C=C1)C2=O. The van der Waals surface area contributed by atoms with Crippen molar-refractivity contribution in [1.29, 1.82) is 0 Å². The van der Waals surface area contributed by atoms with Crippen LogP contribution >= 0.6 is 0 Å². The maximum Gasteiger partial charge on any atom is 0.342 e. The molecule has 7 heteroatoms. The molecule has 1 aromatic carbocycles. The summed E-state index contributed by atoms with van der Waals surface area (Å²) < 4.78 is 4.71. The number of carbonyl (C=O) groups is 3. The normalized spacial score (nSPS) is 21.0. The number of fused-ring (bicyclic) bond motifs is 2. The van der Waals surface area contributed by atoms with Crippen molar-refractivity contribution in [2.75, 3.05) is 7.11 Å². The third-order valence-electron chi connectivity index (χ3n) is 4.23. The Kier molecular flexibility index (Phi) is 3.09. The molecule has 4 rings (SSSR count). The maximum absolute atomic E-state index is 12.6. The molecule has 0 spiro atoms. The first-order valence-corrected chi connectivity index (χ1v) is 7.39. The van der Waals surface area contributed by atoms with Gasteiger partial charge >= 0.3 is 12.0 Å². The molecule has 0 aromatic heterocycles. The molecule has 0 saturated carbocycles. The highest BCUT2D eigenvalue weighted by Crippen LogP contribution is 2.29.